The summed E-state index contributed by atoms with van der Waals surface area (Å²) >= 11 is 0. The maximum absolute atomic E-state index is 10.5. The molecule has 2 nitrogen and oxygen atoms in total. The van der Waals surface area contributed by atoms with E-state index in [9.17, 15) is 5.11 Å². The Morgan fingerprint density at radius 3 is 3.00 bits per heavy atom. The molecule has 0 aromatic heterocycles. The van der Waals surface area contributed by atoms with Gasteiger partial charge in [-0.15, -0.1) is 0 Å². The first-order valence-corrected chi connectivity index (χ1v) is 5.84. The molecule has 3 atom stereocenters. The summed E-state index contributed by atoms with van der Waals surface area (Å²) < 4.78 is 0. The molecule has 0 saturated carbocycles. The Kier molecular flexibility index (Phi) is 2.93. The van der Waals surface area contributed by atoms with Crippen molar-refractivity contribution in [2.75, 3.05) is 6.54 Å². The first kappa shape index (κ1) is 10.2. The highest BCUT2D eigenvalue weighted by Crippen LogP contribution is 2.31. The SMILES string of the molecule is CC1CCNC(C2(O)C=CCCC2)C1. The first-order valence-electron chi connectivity index (χ1n) is 5.84. The average Bonchev–Trinajstić information content (AvgIpc) is 2.19. The summed E-state index contributed by atoms with van der Waals surface area (Å²) in [5, 5.41) is 13.9. The monoisotopic (exact) mass is 195 g/mol. The van der Waals surface area contributed by atoms with Gasteiger partial charge in [-0.25, -0.2) is 0 Å². The molecule has 2 aliphatic rings. The van der Waals surface area contributed by atoms with Crippen molar-refractivity contribution in [3.63, 3.8) is 0 Å². The van der Waals surface area contributed by atoms with Crippen molar-refractivity contribution < 1.29 is 5.11 Å². The van der Waals surface area contributed by atoms with Gasteiger partial charge in [0.15, 0.2) is 0 Å². The van der Waals surface area contributed by atoms with Crippen molar-refractivity contribution in [2.45, 2.75) is 50.7 Å². The fourth-order valence-corrected chi connectivity index (χ4v) is 2.65. The number of hydrogen-bond acceptors (Lipinski definition) is 2. The van der Waals surface area contributed by atoms with Crippen LogP contribution in [0.15, 0.2) is 12.2 Å². The predicted octanol–water partition coefficient (Wildman–Crippen LogP) is 1.85. The van der Waals surface area contributed by atoms with Crippen LogP contribution in [0.4, 0.5) is 0 Å². The topological polar surface area (TPSA) is 32.3 Å². The molecule has 0 spiro atoms. The highest BCUT2D eigenvalue weighted by Gasteiger charge is 2.37. The lowest BCUT2D eigenvalue weighted by molar-refractivity contribution is 0.0171. The molecular weight excluding hydrogens is 174 g/mol. The zero-order valence-corrected chi connectivity index (χ0v) is 9.00. The molecule has 2 rings (SSSR count). The third kappa shape index (κ3) is 2.01. The third-order valence-electron chi connectivity index (χ3n) is 3.62. The number of aliphatic hydroxyl groups is 1. The molecule has 1 heterocycles. The van der Waals surface area contributed by atoms with E-state index in [1.165, 1.54) is 6.42 Å². The highest BCUT2D eigenvalue weighted by molar-refractivity contribution is 5.11. The van der Waals surface area contributed by atoms with Gasteiger partial charge in [0.25, 0.3) is 0 Å². The van der Waals surface area contributed by atoms with Gasteiger partial charge in [0.05, 0.1) is 5.60 Å². The van der Waals surface area contributed by atoms with Crippen LogP contribution in [0, 0.1) is 5.92 Å². The fraction of sp³-hybridized carbons (Fsp3) is 0.833. The number of rotatable bonds is 1. The molecule has 0 radical (unpaired) electrons. The number of piperidine rings is 1. The van der Waals surface area contributed by atoms with E-state index < -0.39 is 5.60 Å². The predicted molar refractivity (Wildman–Crippen MR) is 58.1 cm³/mol. The van der Waals surface area contributed by atoms with Crippen LogP contribution in [0.1, 0.15) is 39.0 Å². The lowest BCUT2D eigenvalue weighted by atomic mass is 9.78. The molecule has 1 saturated heterocycles. The minimum atomic E-state index is -0.563. The second-order valence-electron chi connectivity index (χ2n) is 4.92. The Morgan fingerprint density at radius 2 is 2.36 bits per heavy atom. The Labute approximate surface area is 86.4 Å². The Balaban J connectivity index is 2.04. The molecule has 2 N–H and O–H groups in total. The number of allylic oxidation sites excluding steroid dienone is 1. The summed E-state index contributed by atoms with van der Waals surface area (Å²) in [5.74, 6) is 0.751. The second kappa shape index (κ2) is 4.03. The summed E-state index contributed by atoms with van der Waals surface area (Å²) in [6.07, 6.45) is 9.69. The second-order valence-corrected chi connectivity index (χ2v) is 4.92. The van der Waals surface area contributed by atoms with E-state index in [1.54, 1.807) is 0 Å². The molecular formula is C12H21NO. The maximum atomic E-state index is 10.5. The van der Waals surface area contributed by atoms with Crippen LogP contribution in [0.25, 0.3) is 0 Å². The van der Waals surface area contributed by atoms with E-state index in [4.69, 9.17) is 0 Å². The number of nitrogens with one attached hydrogen (secondary N) is 1. The van der Waals surface area contributed by atoms with Gasteiger partial charge >= 0.3 is 0 Å². The lowest BCUT2D eigenvalue weighted by Crippen LogP contribution is -2.53. The largest absolute Gasteiger partial charge is 0.384 e. The molecule has 0 amide bonds. The minimum Gasteiger partial charge on any atom is -0.384 e. The van der Waals surface area contributed by atoms with Gasteiger partial charge in [0.1, 0.15) is 0 Å². The van der Waals surface area contributed by atoms with E-state index >= 15 is 0 Å². The van der Waals surface area contributed by atoms with Crippen molar-refractivity contribution in [3.8, 4) is 0 Å². The van der Waals surface area contributed by atoms with Crippen LogP contribution in [-0.2, 0) is 0 Å². The van der Waals surface area contributed by atoms with E-state index in [0.717, 1.165) is 38.1 Å². The smallest absolute Gasteiger partial charge is 0.0980 e. The molecule has 0 bridgehead atoms. The van der Waals surface area contributed by atoms with Crippen molar-refractivity contribution in [3.05, 3.63) is 12.2 Å². The molecule has 1 aliphatic carbocycles. The molecule has 0 aromatic rings. The van der Waals surface area contributed by atoms with Crippen molar-refractivity contribution in [1.29, 1.82) is 0 Å². The van der Waals surface area contributed by atoms with Gasteiger partial charge < -0.3 is 10.4 Å². The van der Waals surface area contributed by atoms with Crippen LogP contribution >= 0.6 is 0 Å². The summed E-state index contributed by atoms with van der Waals surface area (Å²) in [5.41, 5.74) is -0.563. The van der Waals surface area contributed by atoms with E-state index in [0.29, 0.717) is 0 Å². The molecule has 80 valence electrons. The summed E-state index contributed by atoms with van der Waals surface area (Å²) in [7, 11) is 0. The molecule has 1 aliphatic heterocycles. The maximum Gasteiger partial charge on any atom is 0.0980 e. The number of hydrogen-bond donors (Lipinski definition) is 2. The summed E-state index contributed by atoms with van der Waals surface area (Å²) in [6, 6.07) is 0.280. The Bertz CT molecular complexity index is 226. The van der Waals surface area contributed by atoms with Crippen LogP contribution in [0.2, 0.25) is 0 Å². The van der Waals surface area contributed by atoms with Gasteiger partial charge in [-0.05, 0) is 44.6 Å². The van der Waals surface area contributed by atoms with Crippen LogP contribution in [-0.4, -0.2) is 23.3 Å². The van der Waals surface area contributed by atoms with Gasteiger partial charge in [0, 0.05) is 6.04 Å². The quantitative estimate of drug-likeness (QED) is 0.626. The van der Waals surface area contributed by atoms with Gasteiger partial charge in [-0.1, -0.05) is 19.1 Å². The van der Waals surface area contributed by atoms with E-state index in [-0.39, 0.29) is 6.04 Å². The van der Waals surface area contributed by atoms with Crippen molar-refractivity contribution >= 4 is 0 Å². The van der Waals surface area contributed by atoms with Gasteiger partial charge in [-0.3, -0.25) is 0 Å². The van der Waals surface area contributed by atoms with Gasteiger partial charge in [0.2, 0.25) is 0 Å². The zero-order valence-electron chi connectivity index (χ0n) is 9.00. The van der Waals surface area contributed by atoms with Crippen LogP contribution in [0.3, 0.4) is 0 Å². The fourth-order valence-electron chi connectivity index (χ4n) is 2.65. The normalized spacial score (nSPS) is 43.9. The van der Waals surface area contributed by atoms with Gasteiger partial charge in [-0.2, -0.15) is 0 Å². The molecule has 14 heavy (non-hydrogen) atoms. The van der Waals surface area contributed by atoms with Crippen molar-refractivity contribution in [1.82, 2.24) is 5.32 Å². The Morgan fingerprint density at radius 1 is 1.50 bits per heavy atom. The average molecular weight is 195 g/mol. The zero-order chi connectivity index (χ0) is 10.0. The molecule has 3 unspecified atom stereocenters. The van der Waals surface area contributed by atoms with Crippen molar-refractivity contribution in [2.24, 2.45) is 5.92 Å². The molecule has 0 aromatic carbocycles. The third-order valence-corrected chi connectivity index (χ3v) is 3.62. The molecule has 1 fully saturated rings. The summed E-state index contributed by atoms with van der Waals surface area (Å²) in [6.45, 7) is 3.34. The minimum absolute atomic E-state index is 0.280. The van der Waals surface area contributed by atoms with Crippen LogP contribution < -0.4 is 5.32 Å². The van der Waals surface area contributed by atoms with Crippen LogP contribution in [0.5, 0.6) is 0 Å². The first-order chi connectivity index (χ1) is 6.71. The van der Waals surface area contributed by atoms with E-state index in [2.05, 4.69) is 18.3 Å². The standard InChI is InChI=1S/C12H21NO/c1-10-5-8-13-11(9-10)12(14)6-3-2-4-7-12/h3,6,10-11,13-14H,2,4-5,7-9H2,1H3. The summed E-state index contributed by atoms with van der Waals surface area (Å²) in [4.78, 5) is 0. The Hall–Kier alpha value is -0.340. The molecule has 2 heteroatoms. The highest BCUT2D eigenvalue weighted by atomic mass is 16.3. The van der Waals surface area contributed by atoms with E-state index in [1.807, 2.05) is 6.08 Å². The lowest BCUT2D eigenvalue weighted by Gasteiger charge is -2.40.